The van der Waals surface area contributed by atoms with Crippen molar-refractivity contribution in [1.29, 1.82) is 0 Å². The summed E-state index contributed by atoms with van der Waals surface area (Å²) < 4.78 is 21.1. The lowest BCUT2D eigenvalue weighted by atomic mass is 10.0. The number of rotatable bonds is 7. The predicted octanol–water partition coefficient (Wildman–Crippen LogP) is 3.64. The second kappa shape index (κ2) is 8.56. The molecule has 22 heavy (non-hydrogen) atoms. The van der Waals surface area contributed by atoms with Gasteiger partial charge in [0.25, 0.3) is 0 Å². The molecule has 0 saturated heterocycles. The number of hydrogen-bond acceptors (Lipinski definition) is 4. The van der Waals surface area contributed by atoms with E-state index < -0.39 is 11.4 Å². The summed E-state index contributed by atoms with van der Waals surface area (Å²) in [6, 6.07) is 11.6. The van der Waals surface area contributed by atoms with Crippen LogP contribution in [0.2, 0.25) is 0 Å². The van der Waals surface area contributed by atoms with Gasteiger partial charge in [-0.3, -0.25) is 4.98 Å². The van der Waals surface area contributed by atoms with Gasteiger partial charge >= 0.3 is 0 Å². The Hall–Kier alpha value is -1.85. The molecule has 1 atom stereocenters. The molecule has 0 amide bonds. The van der Waals surface area contributed by atoms with Crippen molar-refractivity contribution in [1.82, 2.24) is 4.98 Å². The van der Waals surface area contributed by atoms with Crippen LogP contribution in [-0.4, -0.2) is 28.6 Å². The van der Waals surface area contributed by atoms with Gasteiger partial charge in [-0.2, -0.15) is 0 Å². The van der Waals surface area contributed by atoms with Gasteiger partial charge in [-0.25, -0.2) is 0 Å². The standard InChI is InChI=1S/C17H20N2O2S/c1-3-4-12-22(20)19-13-17-16(6-5-11-18-17)14-7-9-15(21-2)10-8-14/h5-11,13H,3-4,12H2,1-2H3. The minimum atomic E-state index is -1.18. The van der Waals surface area contributed by atoms with Gasteiger partial charge in [-0.05, 0) is 30.2 Å². The third kappa shape index (κ3) is 4.58. The molecule has 0 N–H and O–H groups in total. The quantitative estimate of drug-likeness (QED) is 0.579. The van der Waals surface area contributed by atoms with Crippen molar-refractivity contribution in [3.8, 4) is 16.9 Å². The Morgan fingerprint density at radius 2 is 2.05 bits per heavy atom. The van der Waals surface area contributed by atoms with E-state index in [0.717, 1.165) is 35.4 Å². The molecular formula is C17H20N2O2S. The van der Waals surface area contributed by atoms with E-state index in [9.17, 15) is 4.55 Å². The second-order valence-electron chi connectivity index (χ2n) is 4.78. The SMILES string of the molecule is CCCC[S+]([O-])N=Cc1ncccc1-c1ccc(OC)cc1. The van der Waals surface area contributed by atoms with Crippen LogP contribution in [-0.2, 0) is 11.4 Å². The van der Waals surface area contributed by atoms with Crippen molar-refractivity contribution in [2.75, 3.05) is 12.9 Å². The third-order valence-corrected chi connectivity index (χ3v) is 4.18. The van der Waals surface area contributed by atoms with Crippen LogP contribution in [0, 0.1) is 0 Å². The van der Waals surface area contributed by atoms with Crippen LogP contribution in [0.5, 0.6) is 5.75 Å². The predicted molar refractivity (Wildman–Crippen MR) is 91.7 cm³/mol. The maximum absolute atomic E-state index is 11.8. The normalized spacial score (nSPS) is 12.5. The number of methoxy groups -OCH3 is 1. The molecule has 116 valence electrons. The zero-order valence-electron chi connectivity index (χ0n) is 12.9. The number of nitrogens with zero attached hydrogens (tertiary/aromatic N) is 2. The molecule has 0 aliphatic rings. The van der Waals surface area contributed by atoms with Crippen LogP contribution < -0.4 is 4.74 Å². The number of ether oxygens (including phenoxy) is 1. The average molecular weight is 316 g/mol. The van der Waals surface area contributed by atoms with Gasteiger partial charge < -0.3 is 9.29 Å². The van der Waals surface area contributed by atoms with E-state index in [-0.39, 0.29) is 0 Å². The van der Waals surface area contributed by atoms with Crippen molar-refractivity contribution >= 4 is 17.6 Å². The van der Waals surface area contributed by atoms with Crippen LogP contribution in [0.1, 0.15) is 25.5 Å². The van der Waals surface area contributed by atoms with Crippen molar-refractivity contribution in [2.45, 2.75) is 19.8 Å². The fourth-order valence-electron chi connectivity index (χ4n) is 1.96. The summed E-state index contributed by atoms with van der Waals surface area (Å²) >= 11 is -1.18. The summed E-state index contributed by atoms with van der Waals surface area (Å²) in [6.45, 7) is 2.07. The van der Waals surface area contributed by atoms with Gasteiger partial charge in [0.1, 0.15) is 17.7 Å². The lowest BCUT2D eigenvalue weighted by molar-refractivity contribution is 0.415. The van der Waals surface area contributed by atoms with Crippen LogP contribution in [0.15, 0.2) is 47.0 Å². The summed E-state index contributed by atoms with van der Waals surface area (Å²) in [5, 5.41) is 0. The number of pyridine rings is 1. The Kier molecular flexibility index (Phi) is 6.43. The molecule has 4 nitrogen and oxygen atoms in total. The Labute approximate surface area is 134 Å². The lowest BCUT2D eigenvalue weighted by Crippen LogP contribution is -2.03. The van der Waals surface area contributed by atoms with Crippen LogP contribution in [0.3, 0.4) is 0 Å². The molecule has 0 saturated carbocycles. The molecule has 5 heteroatoms. The summed E-state index contributed by atoms with van der Waals surface area (Å²) in [5.41, 5.74) is 2.70. The number of benzene rings is 1. The van der Waals surface area contributed by atoms with Crippen LogP contribution >= 0.6 is 0 Å². The molecule has 1 heterocycles. The molecule has 1 aromatic carbocycles. The maximum Gasteiger partial charge on any atom is 0.133 e. The molecule has 2 aromatic rings. The highest BCUT2D eigenvalue weighted by molar-refractivity contribution is 7.90. The Morgan fingerprint density at radius 3 is 2.73 bits per heavy atom. The van der Waals surface area contributed by atoms with E-state index in [0.29, 0.717) is 5.75 Å². The molecule has 2 rings (SSSR count). The molecule has 1 aromatic heterocycles. The van der Waals surface area contributed by atoms with E-state index in [1.807, 2.05) is 36.4 Å². The van der Waals surface area contributed by atoms with E-state index >= 15 is 0 Å². The van der Waals surface area contributed by atoms with Gasteiger partial charge in [0.05, 0.1) is 24.2 Å². The van der Waals surface area contributed by atoms with Crippen LogP contribution in [0.25, 0.3) is 11.1 Å². The smallest absolute Gasteiger partial charge is 0.133 e. The fourth-order valence-corrected chi connectivity index (χ4v) is 2.82. The molecule has 0 aliphatic heterocycles. The Balaban J connectivity index is 2.20. The van der Waals surface area contributed by atoms with Crippen molar-refractivity contribution in [2.24, 2.45) is 4.40 Å². The highest BCUT2D eigenvalue weighted by Crippen LogP contribution is 2.23. The zero-order valence-corrected chi connectivity index (χ0v) is 13.7. The first kappa shape index (κ1) is 16.5. The topological polar surface area (TPSA) is 57.5 Å². The highest BCUT2D eigenvalue weighted by Gasteiger charge is 2.07. The number of aromatic nitrogens is 1. The Bertz CT molecular complexity index is 614. The monoisotopic (exact) mass is 316 g/mol. The van der Waals surface area contributed by atoms with Crippen LogP contribution in [0.4, 0.5) is 0 Å². The lowest BCUT2D eigenvalue weighted by Gasteiger charge is -2.06. The summed E-state index contributed by atoms with van der Waals surface area (Å²) in [7, 11) is 1.64. The molecule has 1 unspecified atom stereocenters. The minimum absolute atomic E-state index is 0.595. The van der Waals surface area contributed by atoms with Gasteiger partial charge in [0.2, 0.25) is 0 Å². The van der Waals surface area contributed by atoms with E-state index in [1.54, 1.807) is 19.5 Å². The fraction of sp³-hybridized carbons (Fsp3) is 0.294. The van der Waals surface area contributed by atoms with Gasteiger partial charge in [0, 0.05) is 11.8 Å². The maximum atomic E-state index is 11.8. The molecule has 0 aliphatic carbocycles. The summed E-state index contributed by atoms with van der Waals surface area (Å²) in [6.07, 6.45) is 5.24. The Morgan fingerprint density at radius 1 is 1.27 bits per heavy atom. The van der Waals surface area contributed by atoms with Crippen molar-refractivity contribution in [3.63, 3.8) is 0 Å². The molecular weight excluding hydrogens is 296 g/mol. The highest BCUT2D eigenvalue weighted by atomic mass is 32.2. The first-order valence-corrected chi connectivity index (χ1v) is 8.54. The largest absolute Gasteiger partial charge is 0.591 e. The van der Waals surface area contributed by atoms with Gasteiger partial charge in [0.15, 0.2) is 0 Å². The van der Waals surface area contributed by atoms with Gasteiger partial charge in [-0.15, -0.1) is 0 Å². The molecule has 0 fully saturated rings. The van der Waals surface area contributed by atoms with Crippen molar-refractivity contribution < 1.29 is 9.29 Å². The van der Waals surface area contributed by atoms with E-state index in [4.69, 9.17) is 4.74 Å². The zero-order chi connectivity index (χ0) is 15.8. The number of unbranched alkanes of at least 4 members (excludes halogenated alkanes) is 1. The first-order chi connectivity index (χ1) is 10.7. The van der Waals surface area contributed by atoms with E-state index in [1.165, 1.54) is 0 Å². The minimum Gasteiger partial charge on any atom is -0.591 e. The molecule has 0 bridgehead atoms. The van der Waals surface area contributed by atoms with Crippen molar-refractivity contribution in [3.05, 3.63) is 48.3 Å². The third-order valence-electron chi connectivity index (χ3n) is 3.20. The average Bonchev–Trinajstić information content (AvgIpc) is 2.58. The molecule has 0 radical (unpaired) electrons. The number of hydrogen-bond donors (Lipinski definition) is 0. The first-order valence-electron chi connectivity index (χ1n) is 7.26. The van der Waals surface area contributed by atoms with Gasteiger partial charge in [-0.1, -0.05) is 35.9 Å². The summed E-state index contributed by atoms with van der Waals surface area (Å²) in [4.78, 5) is 4.33. The van der Waals surface area contributed by atoms with E-state index in [2.05, 4.69) is 16.3 Å². The summed E-state index contributed by atoms with van der Waals surface area (Å²) in [5.74, 6) is 1.40. The second-order valence-corrected chi connectivity index (χ2v) is 6.04. The molecule has 0 spiro atoms.